The molecular formula is C9H13N3OS. The summed E-state index contributed by atoms with van der Waals surface area (Å²) in [6.45, 7) is 1.86. The Kier molecular flexibility index (Phi) is 3.21. The van der Waals surface area contributed by atoms with Crippen LogP contribution in [0.3, 0.4) is 0 Å². The maximum Gasteiger partial charge on any atom is 0.145 e. The van der Waals surface area contributed by atoms with Gasteiger partial charge in [0.15, 0.2) is 0 Å². The van der Waals surface area contributed by atoms with Gasteiger partial charge >= 0.3 is 0 Å². The highest BCUT2D eigenvalue weighted by molar-refractivity contribution is 7.85. The number of piperidine rings is 1. The van der Waals surface area contributed by atoms with E-state index in [1.807, 2.05) is 0 Å². The van der Waals surface area contributed by atoms with E-state index in [9.17, 15) is 4.21 Å². The fourth-order valence-electron chi connectivity index (χ4n) is 1.56. The van der Waals surface area contributed by atoms with E-state index in [4.69, 9.17) is 0 Å². The van der Waals surface area contributed by atoms with Gasteiger partial charge in [-0.15, -0.1) is 0 Å². The van der Waals surface area contributed by atoms with E-state index in [-0.39, 0.29) is 5.25 Å². The minimum absolute atomic E-state index is 0.195. The SMILES string of the molecule is O=[S@@](c1cnccn1)[C@H]1CCCNC1. The standard InChI is InChI=1S/C9H13N3OS/c13-14(8-2-1-3-10-6-8)9-7-11-4-5-12-9/h4-5,7-8,10H,1-3,6H2/t8-,14+/m0/s1. The molecule has 1 saturated heterocycles. The van der Waals surface area contributed by atoms with Crippen LogP contribution in [0.4, 0.5) is 0 Å². The quantitative estimate of drug-likeness (QED) is 0.766. The maximum absolute atomic E-state index is 12.0. The Morgan fingerprint density at radius 1 is 1.50 bits per heavy atom. The Morgan fingerprint density at radius 2 is 2.43 bits per heavy atom. The van der Waals surface area contributed by atoms with E-state index >= 15 is 0 Å². The van der Waals surface area contributed by atoms with Gasteiger partial charge in [0.2, 0.25) is 0 Å². The molecule has 1 fully saturated rings. The minimum atomic E-state index is -1.01. The highest BCUT2D eigenvalue weighted by Crippen LogP contribution is 2.13. The number of aromatic nitrogens is 2. The summed E-state index contributed by atoms with van der Waals surface area (Å²) < 4.78 is 12.0. The molecule has 0 aliphatic carbocycles. The molecule has 1 aromatic heterocycles. The number of hydrogen-bond acceptors (Lipinski definition) is 4. The average molecular weight is 211 g/mol. The Hall–Kier alpha value is -0.810. The molecule has 1 aliphatic rings. The summed E-state index contributed by atoms with van der Waals surface area (Å²) >= 11 is 0. The van der Waals surface area contributed by atoms with Crippen LogP contribution in [-0.4, -0.2) is 32.5 Å². The average Bonchev–Trinajstić information content (AvgIpc) is 2.30. The van der Waals surface area contributed by atoms with Gasteiger partial charge in [-0.3, -0.25) is 9.19 Å². The van der Waals surface area contributed by atoms with E-state index in [0.717, 1.165) is 25.9 Å². The van der Waals surface area contributed by atoms with Gasteiger partial charge in [0, 0.05) is 18.9 Å². The summed E-state index contributed by atoms with van der Waals surface area (Å²) in [6, 6.07) is 0. The first-order valence-corrected chi connectivity index (χ1v) is 5.96. The number of hydrogen-bond donors (Lipinski definition) is 1. The molecule has 0 aromatic carbocycles. The first-order valence-electron chi connectivity index (χ1n) is 4.75. The van der Waals surface area contributed by atoms with Crippen LogP contribution in [-0.2, 0) is 10.8 Å². The summed E-state index contributed by atoms with van der Waals surface area (Å²) in [5.74, 6) is 0. The smallest absolute Gasteiger partial charge is 0.145 e. The Balaban J connectivity index is 2.07. The molecule has 0 bridgehead atoms. The molecule has 0 radical (unpaired) electrons. The third-order valence-corrected chi connectivity index (χ3v) is 3.93. The summed E-state index contributed by atoms with van der Waals surface area (Å²) in [7, 11) is -1.01. The molecule has 4 nitrogen and oxygen atoms in total. The van der Waals surface area contributed by atoms with Crippen molar-refractivity contribution in [3.05, 3.63) is 18.6 Å². The number of rotatable bonds is 2. The van der Waals surface area contributed by atoms with Gasteiger partial charge in [-0.2, -0.15) is 0 Å². The van der Waals surface area contributed by atoms with E-state index in [0.29, 0.717) is 5.03 Å². The second-order valence-corrected chi connectivity index (χ2v) is 4.99. The fraction of sp³-hybridized carbons (Fsp3) is 0.556. The topological polar surface area (TPSA) is 54.9 Å². The van der Waals surface area contributed by atoms with Crippen LogP contribution in [0.25, 0.3) is 0 Å². The van der Waals surface area contributed by atoms with E-state index in [2.05, 4.69) is 15.3 Å². The molecule has 2 heterocycles. The van der Waals surface area contributed by atoms with Crippen LogP contribution in [0.5, 0.6) is 0 Å². The van der Waals surface area contributed by atoms with Gasteiger partial charge in [0.05, 0.1) is 22.2 Å². The lowest BCUT2D eigenvalue weighted by Gasteiger charge is -2.21. The van der Waals surface area contributed by atoms with Crippen molar-refractivity contribution in [3.8, 4) is 0 Å². The number of nitrogens with one attached hydrogen (secondary N) is 1. The molecule has 2 rings (SSSR count). The molecule has 14 heavy (non-hydrogen) atoms. The highest BCUT2D eigenvalue weighted by atomic mass is 32.2. The van der Waals surface area contributed by atoms with E-state index in [1.165, 1.54) is 0 Å². The molecule has 0 saturated carbocycles. The van der Waals surface area contributed by atoms with Crippen molar-refractivity contribution in [1.29, 1.82) is 0 Å². The molecule has 2 atom stereocenters. The summed E-state index contributed by atoms with van der Waals surface area (Å²) in [4.78, 5) is 7.99. The molecule has 1 aromatic rings. The van der Waals surface area contributed by atoms with Gasteiger partial charge in [-0.1, -0.05) is 0 Å². The predicted molar refractivity (Wildman–Crippen MR) is 54.3 cm³/mol. The molecule has 1 aliphatic heterocycles. The Labute approximate surface area is 85.6 Å². The first kappa shape index (κ1) is 9.73. The molecule has 76 valence electrons. The predicted octanol–water partition coefficient (Wildman–Crippen LogP) is 0.336. The third-order valence-electron chi connectivity index (χ3n) is 2.30. The van der Waals surface area contributed by atoms with Crippen LogP contribution < -0.4 is 5.32 Å². The molecule has 1 N–H and O–H groups in total. The zero-order chi connectivity index (χ0) is 9.80. The van der Waals surface area contributed by atoms with Crippen LogP contribution in [0, 0.1) is 0 Å². The third kappa shape index (κ3) is 2.16. The second-order valence-electron chi connectivity index (χ2n) is 3.31. The molecular weight excluding hydrogens is 198 g/mol. The Bertz CT molecular complexity index is 311. The summed E-state index contributed by atoms with van der Waals surface area (Å²) in [5.41, 5.74) is 0. The zero-order valence-corrected chi connectivity index (χ0v) is 8.67. The monoisotopic (exact) mass is 211 g/mol. The zero-order valence-electron chi connectivity index (χ0n) is 7.85. The van der Waals surface area contributed by atoms with Crippen molar-refractivity contribution in [2.24, 2.45) is 0 Å². The van der Waals surface area contributed by atoms with Crippen LogP contribution in [0.2, 0.25) is 0 Å². The van der Waals surface area contributed by atoms with Gasteiger partial charge in [-0.05, 0) is 19.4 Å². The normalized spacial score (nSPS) is 24.4. The van der Waals surface area contributed by atoms with Gasteiger partial charge in [0.1, 0.15) is 5.03 Å². The second kappa shape index (κ2) is 4.61. The van der Waals surface area contributed by atoms with Gasteiger partial charge in [-0.25, -0.2) is 4.98 Å². The Morgan fingerprint density at radius 3 is 3.07 bits per heavy atom. The number of nitrogens with zero attached hydrogens (tertiary/aromatic N) is 2. The lowest BCUT2D eigenvalue weighted by atomic mass is 10.2. The minimum Gasteiger partial charge on any atom is -0.316 e. The van der Waals surface area contributed by atoms with Crippen molar-refractivity contribution in [2.75, 3.05) is 13.1 Å². The van der Waals surface area contributed by atoms with Crippen molar-refractivity contribution >= 4 is 10.8 Å². The molecule has 0 spiro atoms. The molecule has 0 unspecified atom stereocenters. The lowest BCUT2D eigenvalue weighted by molar-refractivity contribution is 0.519. The lowest BCUT2D eigenvalue weighted by Crippen LogP contribution is -2.36. The van der Waals surface area contributed by atoms with Crippen LogP contribution in [0.15, 0.2) is 23.6 Å². The van der Waals surface area contributed by atoms with Crippen molar-refractivity contribution in [1.82, 2.24) is 15.3 Å². The maximum atomic E-state index is 12.0. The van der Waals surface area contributed by atoms with Crippen LogP contribution in [0.1, 0.15) is 12.8 Å². The van der Waals surface area contributed by atoms with Gasteiger partial charge < -0.3 is 5.32 Å². The van der Waals surface area contributed by atoms with Gasteiger partial charge in [0.25, 0.3) is 0 Å². The van der Waals surface area contributed by atoms with Crippen LogP contribution >= 0.6 is 0 Å². The van der Waals surface area contributed by atoms with Crippen molar-refractivity contribution < 1.29 is 4.21 Å². The largest absolute Gasteiger partial charge is 0.316 e. The fourth-order valence-corrected chi connectivity index (χ4v) is 2.88. The van der Waals surface area contributed by atoms with Crippen molar-refractivity contribution in [2.45, 2.75) is 23.1 Å². The highest BCUT2D eigenvalue weighted by Gasteiger charge is 2.21. The van der Waals surface area contributed by atoms with Crippen molar-refractivity contribution in [3.63, 3.8) is 0 Å². The van der Waals surface area contributed by atoms with E-state index in [1.54, 1.807) is 18.6 Å². The molecule has 5 heteroatoms. The summed E-state index contributed by atoms with van der Waals surface area (Å²) in [6.07, 6.45) is 6.88. The van der Waals surface area contributed by atoms with E-state index < -0.39 is 10.8 Å². The first-order chi connectivity index (χ1) is 6.88. The summed E-state index contributed by atoms with van der Waals surface area (Å²) in [5, 5.41) is 4.04. The molecule has 0 amide bonds.